The second kappa shape index (κ2) is 10.8. The van der Waals surface area contributed by atoms with Gasteiger partial charge in [0.15, 0.2) is 0 Å². The zero-order valence-corrected chi connectivity index (χ0v) is 20.5. The third-order valence-electron chi connectivity index (χ3n) is 6.99. The van der Waals surface area contributed by atoms with Crippen molar-refractivity contribution in [1.82, 2.24) is 14.9 Å². The smallest absolute Gasteiger partial charge is 0.223 e. The molecule has 1 fully saturated rings. The summed E-state index contributed by atoms with van der Waals surface area (Å²) in [4.78, 5) is 20.1. The van der Waals surface area contributed by atoms with Crippen LogP contribution in [0, 0.1) is 12.8 Å². The van der Waals surface area contributed by atoms with E-state index in [0.717, 1.165) is 68.8 Å². The summed E-state index contributed by atoms with van der Waals surface area (Å²) in [6.45, 7) is 5.35. The largest absolute Gasteiger partial charge is 0.356 e. The lowest BCUT2D eigenvalue weighted by molar-refractivity contribution is -0.125. The van der Waals surface area contributed by atoms with Gasteiger partial charge in [-0.1, -0.05) is 72.3 Å². The molecule has 1 aliphatic rings. The summed E-state index contributed by atoms with van der Waals surface area (Å²) in [5, 5.41) is 3.17. The molecule has 3 aromatic carbocycles. The van der Waals surface area contributed by atoms with E-state index in [1.54, 1.807) is 0 Å². The van der Waals surface area contributed by atoms with Crippen LogP contribution in [0.25, 0.3) is 11.0 Å². The quantitative estimate of drug-likeness (QED) is 0.356. The first-order valence-electron chi connectivity index (χ1n) is 12.7. The normalized spacial score (nSPS) is 14.4. The van der Waals surface area contributed by atoms with E-state index in [9.17, 15) is 4.79 Å². The van der Waals surface area contributed by atoms with E-state index in [1.165, 1.54) is 16.7 Å². The fourth-order valence-electron chi connectivity index (χ4n) is 5.09. The Balaban J connectivity index is 1.21. The number of imidazole rings is 1. The third kappa shape index (κ3) is 5.56. The molecule has 4 aromatic rings. The number of anilines is 1. The molecule has 1 saturated heterocycles. The highest BCUT2D eigenvalue weighted by Crippen LogP contribution is 2.28. The number of amides is 1. The van der Waals surface area contributed by atoms with Crippen molar-refractivity contribution in [3.05, 3.63) is 95.6 Å². The molecule has 2 heterocycles. The molecule has 5 nitrogen and oxygen atoms in total. The van der Waals surface area contributed by atoms with Gasteiger partial charge in [-0.05, 0) is 55.9 Å². The Labute approximate surface area is 207 Å². The molecular formula is C30H34N4O. The van der Waals surface area contributed by atoms with Gasteiger partial charge in [-0.15, -0.1) is 0 Å². The molecule has 5 rings (SSSR count). The van der Waals surface area contributed by atoms with Crippen LogP contribution in [0.3, 0.4) is 0 Å². The predicted octanol–water partition coefficient (Wildman–Crippen LogP) is 5.36. The standard InChI is InChI=1S/C30H34N4O/c1-23-9-7-12-25(21-23)22-34-28-15-6-5-14-27(28)32-30(34)33-19-16-26(17-20-33)29(35)31-18-8-13-24-10-3-2-4-11-24/h2-7,9-12,14-15,21,26H,8,13,16-20,22H2,1H3,(H,31,35). The van der Waals surface area contributed by atoms with Crippen LogP contribution in [-0.4, -0.2) is 35.1 Å². The topological polar surface area (TPSA) is 50.2 Å². The fraction of sp³-hybridized carbons (Fsp3) is 0.333. The lowest BCUT2D eigenvalue weighted by Crippen LogP contribution is -2.41. The molecule has 0 aliphatic carbocycles. The molecule has 1 N–H and O–H groups in total. The summed E-state index contributed by atoms with van der Waals surface area (Å²) in [6, 6.07) is 27.5. The van der Waals surface area contributed by atoms with Crippen molar-refractivity contribution < 1.29 is 4.79 Å². The van der Waals surface area contributed by atoms with Crippen molar-refractivity contribution in [1.29, 1.82) is 0 Å². The molecule has 0 unspecified atom stereocenters. The van der Waals surface area contributed by atoms with E-state index in [1.807, 2.05) is 12.1 Å². The summed E-state index contributed by atoms with van der Waals surface area (Å²) >= 11 is 0. The van der Waals surface area contributed by atoms with Crippen molar-refractivity contribution >= 4 is 22.9 Å². The maximum atomic E-state index is 12.8. The van der Waals surface area contributed by atoms with Crippen LogP contribution in [0.2, 0.25) is 0 Å². The molecule has 0 bridgehead atoms. The van der Waals surface area contributed by atoms with Crippen LogP contribution in [-0.2, 0) is 17.8 Å². The van der Waals surface area contributed by atoms with Gasteiger partial charge in [-0.25, -0.2) is 4.98 Å². The van der Waals surface area contributed by atoms with Crippen LogP contribution in [0.4, 0.5) is 5.95 Å². The van der Waals surface area contributed by atoms with Gasteiger partial charge in [0, 0.05) is 25.6 Å². The number of fused-ring (bicyclic) bond motifs is 1. The van der Waals surface area contributed by atoms with E-state index in [2.05, 4.69) is 88.4 Å². The number of para-hydroxylation sites is 2. The van der Waals surface area contributed by atoms with Crippen molar-refractivity contribution in [2.24, 2.45) is 5.92 Å². The molecule has 0 atom stereocenters. The molecule has 1 aromatic heterocycles. The number of aromatic nitrogens is 2. The van der Waals surface area contributed by atoms with Gasteiger partial charge in [0.1, 0.15) is 0 Å². The number of carbonyl (C=O) groups is 1. The van der Waals surface area contributed by atoms with Crippen molar-refractivity contribution in [2.45, 2.75) is 39.2 Å². The number of hydrogen-bond donors (Lipinski definition) is 1. The Bertz CT molecular complexity index is 1270. The molecule has 0 spiro atoms. The number of rotatable bonds is 8. The number of benzene rings is 3. The second-order valence-corrected chi connectivity index (χ2v) is 9.62. The van der Waals surface area contributed by atoms with Gasteiger partial charge in [-0.3, -0.25) is 4.79 Å². The first-order chi connectivity index (χ1) is 17.2. The average Bonchev–Trinajstić information content (AvgIpc) is 3.25. The van der Waals surface area contributed by atoms with Crippen molar-refractivity contribution in [2.75, 3.05) is 24.5 Å². The molecule has 35 heavy (non-hydrogen) atoms. The molecule has 180 valence electrons. The van der Waals surface area contributed by atoms with Gasteiger partial charge in [0.2, 0.25) is 11.9 Å². The predicted molar refractivity (Wildman–Crippen MR) is 143 cm³/mol. The maximum absolute atomic E-state index is 12.8. The first kappa shape index (κ1) is 23.2. The maximum Gasteiger partial charge on any atom is 0.223 e. The number of hydrogen-bond acceptors (Lipinski definition) is 3. The highest BCUT2D eigenvalue weighted by Gasteiger charge is 2.27. The van der Waals surface area contributed by atoms with E-state index >= 15 is 0 Å². The Hall–Kier alpha value is -3.60. The number of nitrogens with zero attached hydrogens (tertiary/aromatic N) is 3. The van der Waals surface area contributed by atoms with Gasteiger partial charge in [0.25, 0.3) is 0 Å². The van der Waals surface area contributed by atoms with Crippen molar-refractivity contribution in [3.63, 3.8) is 0 Å². The highest BCUT2D eigenvalue weighted by molar-refractivity contribution is 5.80. The van der Waals surface area contributed by atoms with E-state index in [4.69, 9.17) is 4.98 Å². The number of piperidine rings is 1. The minimum Gasteiger partial charge on any atom is -0.356 e. The molecule has 0 saturated carbocycles. The van der Waals surface area contributed by atoms with Gasteiger partial charge < -0.3 is 14.8 Å². The van der Waals surface area contributed by atoms with E-state index in [0.29, 0.717) is 0 Å². The van der Waals surface area contributed by atoms with Crippen LogP contribution in [0.1, 0.15) is 36.0 Å². The zero-order valence-electron chi connectivity index (χ0n) is 20.5. The van der Waals surface area contributed by atoms with Crippen LogP contribution in [0.5, 0.6) is 0 Å². The number of nitrogens with one attached hydrogen (secondary N) is 1. The van der Waals surface area contributed by atoms with Gasteiger partial charge in [0.05, 0.1) is 17.6 Å². The highest BCUT2D eigenvalue weighted by atomic mass is 16.1. The molecule has 0 radical (unpaired) electrons. The summed E-state index contributed by atoms with van der Waals surface area (Å²) in [7, 11) is 0. The lowest BCUT2D eigenvalue weighted by Gasteiger charge is -2.32. The Kier molecular flexibility index (Phi) is 7.12. The minimum atomic E-state index is 0.0811. The monoisotopic (exact) mass is 466 g/mol. The zero-order chi connectivity index (χ0) is 24.0. The Morgan fingerprint density at radius 3 is 2.49 bits per heavy atom. The summed E-state index contributed by atoms with van der Waals surface area (Å²) < 4.78 is 2.33. The summed E-state index contributed by atoms with van der Waals surface area (Å²) in [5.41, 5.74) is 6.04. The number of aryl methyl sites for hydroxylation is 2. The average molecular weight is 467 g/mol. The number of carbonyl (C=O) groups excluding carboxylic acids is 1. The minimum absolute atomic E-state index is 0.0811. The third-order valence-corrected chi connectivity index (χ3v) is 6.99. The second-order valence-electron chi connectivity index (χ2n) is 9.62. The van der Waals surface area contributed by atoms with E-state index < -0.39 is 0 Å². The SMILES string of the molecule is Cc1cccc(Cn2c(N3CCC(C(=O)NCCCc4ccccc4)CC3)nc3ccccc32)c1. The van der Waals surface area contributed by atoms with Gasteiger partial charge >= 0.3 is 0 Å². The van der Waals surface area contributed by atoms with Crippen LogP contribution in [0.15, 0.2) is 78.9 Å². The lowest BCUT2D eigenvalue weighted by atomic mass is 9.96. The Morgan fingerprint density at radius 1 is 0.943 bits per heavy atom. The molecule has 5 heteroatoms. The summed E-state index contributed by atoms with van der Waals surface area (Å²) in [6.07, 6.45) is 3.69. The van der Waals surface area contributed by atoms with Gasteiger partial charge in [-0.2, -0.15) is 0 Å². The molecule has 1 amide bonds. The molecule has 1 aliphatic heterocycles. The fourth-order valence-corrected chi connectivity index (χ4v) is 5.09. The summed E-state index contributed by atoms with van der Waals surface area (Å²) in [5.74, 6) is 1.29. The van der Waals surface area contributed by atoms with Crippen LogP contribution < -0.4 is 10.2 Å². The van der Waals surface area contributed by atoms with E-state index in [-0.39, 0.29) is 11.8 Å². The van der Waals surface area contributed by atoms with Crippen LogP contribution >= 0.6 is 0 Å². The van der Waals surface area contributed by atoms with Crippen molar-refractivity contribution in [3.8, 4) is 0 Å². The molecular weight excluding hydrogens is 432 g/mol. The Morgan fingerprint density at radius 2 is 1.69 bits per heavy atom. The first-order valence-corrected chi connectivity index (χ1v) is 12.7.